The monoisotopic (exact) mass is 831 g/mol. The van der Waals surface area contributed by atoms with Crippen LogP contribution in [0.1, 0.15) is 93.6 Å². The van der Waals surface area contributed by atoms with Crippen molar-refractivity contribution in [1.82, 2.24) is 4.98 Å². The van der Waals surface area contributed by atoms with Crippen LogP contribution in [0.3, 0.4) is 0 Å². The normalized spacial score (nSPS) is 12.6. The molecule has 0 aliphatic heterocycles. The van der Waals surface area contributed by atoms with Gasteiger partial charge in [0.2, 0.25) is 0 Å². The van der Waals surface area contributed by atoms with Gasteiger partial charge in [0, 0.05) is 59.4 Å². The first-order valence-electron chi connectivity index (χ1n) is 16.2. The van der Waals surface area contributed by atoms with Crippen LogP contribution in [0.2, 0.25) is 0 Å². The molecule has 0 atom stereocenters. The Bertz CT molecular complexity index is 1880. The van der Waals surface area contributed by atoms with Crippen LogP contribution in [0.15, 0.2) is 86.4 Å². The molecule has 0 saturated carbocycles. The van der Waals surface area contributed by atoms with E-state index in [0.29, 0.717) is 0 Å². The summed E-state index contributed by atoms with van der Waals surface area (Å²) < 4.78 is 11.8. The van der Waals surface area contributed by atoms with Crippen LogP contribution in [0.4, 0.5) is 0 Å². The number of pyridine rings is 1. The van der Waals surface area contributed by atoms with Gasteiger partial charge in [0.1, 0.15) is 22.5 Å². The number of allylic oxidation sites excluding steroid dienone is 2. The Kier molecular flexibility index (Phi) is 12.6. The van der Waals surface area contributed by atoms with E-state index in [2.05, 4.69) is 39.5 Å². The largest absolute Gasteiger partial charge is 0.512 e. The Morgan fingerprint density at radius 1 is 0.936 bits per heavy atom. The molecule has 47 heavy (non-hydrogen) atoms. The van der Waals surface area contributed by atoms with Gasteiger partial charge in [-0.2, -0.15) is 11.8 Å². The van der Waals surface area contributed by atoms with E-state index in [9.17, 15) is 9.90 Å². The molecular formula is C40H48IrNO4S-. The molecule has 1 N–H and O–H groups in total. The molecule has 3 aromatic heterocycles. The summed E-state index contributed by atoms with van der Waals surface area (Å²) in [7, 11) is 0. The van der Waals surface area contributed by atoms with E-state index < -0.39 is 0 Å². The van der Waals surface area contributed by atoms with Gasteiger partial charge in [0.15, 0.2) is 5.78 Å². The zero-order valence-corrected chi connectivity index (χ0v) is 32.4. The van der Waals surface area contributed by atoms with Gasteiger partial charge in [-0.15, -0.1) is 29.3 Å². The molecule has 3 heterocycles. The fourth-order valence-electron chi connectivity index (χ4n) is 5.53. The van der Waals surface area contributed by atoms with Crippen molar-refractivity contribution in [2.24, 2.45) is 10.8 Å². The van der Waals surface area contributed by atoms with Gasteiger partial charge < -0.3 is 18.9 Å². The average molecular weight is 831 g/mol. The molecule has 0 fully saturated rings. The average Bonchev–Trinajstić information content (AvgIpc) is 3.68. The predicted octanol–water partition coefficient (Wildman–Crippen LogP) is 12.4. The van der Waals surface area contributed by atoms with Crippen molar-refractivity contribution >= 4 is 50.5 Å². The topological polar surface area (TPSA) is 76.5 Å². The minimum atomic E-state index is -0.337. The number of aliphatic hydroxyl groups is 1. The van der Waals surface area contributed by atoms with Gasteiger partial charge in [0.25, 0.3) is 0 Å². The summed E-state index contributed by atoms with van der Waals surface area (Å²) in [5.41, 5.74) is 4.94. The van der Waals surface area contributed by atoms with Gasteiger partial charge >= 0.3 is 0 Å². The Morgan fingerprint density at radius 3 is 2.15 bits per heavy atom. The number of hydrogen-bond donors (Lipinski definition) is 1. The van der Waals surface area contributed by atoms with Gasteiger partial charge in [-0.3, -0.25) is 4.79 Å². The van der Waals surface area contributed by atoms with Crippen LogP contribution in [0.25, 0.3) is 44.2 Å². The number of aromatic nitrogens is 1. The molecule has 2 aromatic carbocycles. The molecule has 0 aliphatic rings. The quantitative estimate of drug-likeness (QED) is 0.0654. The van der Waals surface area contributed by atoms with Crippen molar-refractivity contribution in [1.29, 1.82) is 0 Å². The van der Waals surface area contributed by atoms with Crippen LogP contribution < -0.4 is 0 Å². The van der Waals surface area contributed by atoms with E-state index in [4.69, 9.17) is 13.8 Å². The molecule has 0 bridgehead atoms. The number of nitrogens with zero attached hydrogens (tertiary/aromatic N) is 1. The zero-order valence-electron chi connectivity index (χ0n) is 29.2. The van der Waals surface area contributed by atoms with E-state index in [-0.39, 0.29) is 47.9 Å². The maximum Gasteiger partial charge on any atom is 0.164 e. The first kappa shape index (κ1) is 38.3. The number of hydrogen-bond acceptors (Lipinski definition) is 6. The molecular weight excluding hydrogens is 783 g/mol. The number of rotatable bonds is 10. The molecule has 0 saturated heterocycles. The van der Waals surface area contributed by atoms with Crippen LogP contribution in [0, 0.1) is 16.9 Å². The number of aliphatic hydroxyl groups excluding tert-OH is 1. The number of ketones is 1. The second kappa shape index (κ2) is 15.4. The molecule has 253 valence electrons. The van der Waals surface area contributed by atoms with E-state index >= 15 is 0 Å². The van der Waals surface area contributed by atoms with Gasteiger partial charge in [0.05, 0.1) is 6.26 Å². The molecule has 5 nitrogen and oxygen atoms in total. The molecule has 0 unspecified atom stereocenters. The number of benzene rings is 2. The minimum absolute atomic E-state index is 0. The van der Waals surface area contributed by atoms with Crippen molar-refractivity contribution in [2.45, 2.75) is 98.3 Å². The van der Waals surface area contributed by atoms with E-state index in [1.54, 1.807) is 24.2 Å². The summed E-state index contributed by atoms with van der Waals surface area (Å²) in [6.07, 6.45) is 8.26. The Labute approximate surface area is 297 Å². The summed E-state index contributed by atoms with van der Waals surface area (Å²) in [4.78, 5) is 18.1. The predicted molar refractivity (Wildman–Crippen MR) is 193 cm³/mol. The third kappa shape index (κ3) is 7.79. The Balaban J connectivity index is 0.000000290. The van der Waals surface area contributed by atoms with Gasteiger partial charge in [-0.1, -0.05) is 73.8 Å². The third-order valence-electron chi connectivity index (χ3n) is 9.77. The first-order chi connectivity index (χ1) is 21.8. The molecule has 7 heteroatoms. The maximum absolute atomic E-state index is 12.2. The smallest absolute Gasteiger partial charge is 0.164 e. The summed E-state index contributed by atoms with van der Waals surface area (Å²) in [6, 6.07) is 15.5. The first-order valence-corrected chi connectivity index (χ1v) is 17.1. The minimum Gasteiger partial charge on any atom is -0.512 e. The Hall–Kier alpha value is -3.12. The van der Waals surface area contributed by atoms with E-state index in [0.717, 1.165) is 74.7 Å². The number of carbonyl (C=O) groups excluding carboxylic acids is 1. The summed E-state index contributed by atoms with van der Waals surface area (Å²) in [5, 5.41) is 15.1. The van der Waals surface area contributed by atoms with Crippen molar-refractivity contribution in [3.05, 3.63) is 84.3 Å². The Morgan fingerprint density at radius 2 is 1.55 bits per heavy atom. The SMILES string of the molecule is C=CSc1c[c-]c(-c2nccc3oc4ccc5occc5c4c23)cc1C(C)(C)C.CCC(C)(CC)C(=O)/C=C(\O)C(C)(CC)CC.[Ir]. The number of furan rings is 2. The zero-order chi connectivity index (χ0) is 33.9. The standard InChI is InChI=1S/C25H20NO2S.C15H28O2.Ir/c1-5-29-21-9-6-15(14-17(21)25(2,3)4)24-23-20(10-12-26-24)28-19-8-7-18-16(22(19)23)11-13-27-18;1-7-14(5,8-2)12(16)11-13(17)15(6,9-3)10-4;/h5,7-14H,1H2,2-4H3;11,16H,7-10H2,1-6H3;/q-1;;/b;12-11-;. The van der Waals surface area contributed by atoms with Crippen molar-refractivity contribution in [3.63, 3.8) is 0 Å². The fraction of sp³-hybridized carbons (Fsp3) is 0.400. The van der Waals surface area contributed by atoms with Crippen molar-refractivity contribution in [2.75, 3.05) is 0 Å². The van der Waals surface area contributed by atoms with Gasteiger partial charge in [-0.05, 0) is 66.5 Å². The second-order valence-electron chi connectivity index (χ2n) is 13.5. The molecule has 5 rings (SSSR count). The molecule has 1 radical (unpaired) electrons. The molecule has 0 aliphatic carbocycles. The third-order valence-corrected chi connectivity index (χ3v) is 10.5. The molecule has 0 spiro atoms. The van der Waals surface area contributed by atoms with Crippen LogP contribution in [0.5, 0.6) is 0 Å². The maximum atomic E-state index is 12.2. The number of fused-ring (bicyclic) bond motifs is 5. The van der Waals surface area contributed by atoms with Crippen molar-refractivity contribution < 1.29 is 38.8 Å². The van der Waals surface area contributed by atoms with Crippen LogP contribution in [-0.4, -0.2) is 15.9 Å². The second-order valence-corrected chi connectivity index (χ2v) is 14.5. The number of thioether (sulfide) groups is 1. The van der Waals surface area contributed by atoms with Crippen LogP contribution >= 0.6 is 11.8 Å². The fourth-order valence-corrected chi connectivity index (χ4v) is 6.33. The summed E-state index contributed by atoms with van der Waals surface area (Å²) in [6.45, 7) is 22.6. The summed E-state index contributed by atoms with van der Waals surface area (Å²) >= 11 is 1.62. The van der Waals surface area contributed by atoms with E-state index in [1.807, 2.05) is 77.3 Å². The van der Waals surface area contributed by atoms with Gasteiger partial charge in [-0.25, -0.2) is 0 Å². The summed E-state index contributed by atoms with van der Waals surface area (Å²) in [5.74, 6) is 0.286. The van der Waals surface area contributed by atoms with Crippen LogP contribution in [-0.2, 0) is 30.3 Å². The number of carbonyl (C=O) groups is 1. The molecule has 5 aromatic rings. The molecule has 0 amide bonds. The van der Waals surface area contributed by atoms with Crippen molar-refractivity contribution in [3.8, 4) is 11.3 Å². The van der Waals surface area contributed by atoms with E-state index in [1.165, 1.54) is 11.6 Å².